The molecule has 0 spiro atoms. The van der Waals surface area contributed by atoms with E-state index >= 15 is 0 Å². The summed E-state index contributed by atoms with van der Waals surface area (Å²) in [6.45, 7) is 8.58. The summed E-state index contributed by atoms with van der Waals surface area (Å²) >= 11 is 0. The highest BCUT2D eigenvalue weighted by Gasteiger charge is 2.35. The SMILES string of the molecule is CC1=CC[C@@H]2CN(c3cc(N4CCN(C)CC4)nc(N)n3)C[C@@H]2C1. The number of likely N-dealkylation sites (N-methyl/N-ethyl adjacent to an activating group) is 1. The zero-order valence-electron chi connectivity index (χ0n) is 14.8. The van der Waals surface area contributed by atoms with E-state index in [1.807, 2.05) is 0 Å². The number of aromatic nitrogens is 2. The van der Waals surface area contributed by atoms with Crippen molar-refractivity contribution in [3.8, 4) is 0 Å². The summed E-state index contributed by atoms with van der Waals surface area (Å²) in [6, 6.07) is 2.14. The molecule has 130 valence electrons. The highest BCUT2D eigenvalue weighted by atomic mass is 15.3. The predicted molar refractivity (Wildman–Crippen MR) is 98.3 cm³/mol. The van der Waals surface area contributed by atoms with Crippen LogP contribution >= 0.6 is 0 Å². The molecule has 2 atom stereocenters. The maximum absolute atomic E-state index is 6.03. The normalized spacial score (nSPS) is 28.0. The van der Waals surface area contributed by atoms with Gasteiger partial charge < -0.3 is 20.4 Å². The summed E-state index contributed by atoms with van der Waals surface area (Å²) in [5.41, 5.74) is 7.57. The Morgan fingerprint density at radius 1 is 1.00 bits per heavy atom. The summed E-state index contributed by atoms with van der Waals surface area (Å²) in [4.78, 5) is 16.1. The Balaban J connectivity index is 1.52. The van der Waals surface area contributed by atoms with Crippen molar-refractivity contribution in [2.24, 2.45) is 11.8 Å². The molecule has 0 saturated carbocycles. The van der Waals surface area contributed by atoms with Gasteiger partial charge in [0.2, 0.25) is 5.95 Å². The van der Waals surface area contributed by atoms with E-state index in [1.54, 1.807) is 5.57 Å². The van der Waals surface area contributed by atoms with Gasteiger partial charge in [-0.15, -0.1) is 0 Å². The van der Waals surface area contributed by atoms with Crippen molar-refractivity contribution >= 4 is 17.6 Å². The van der Waals surface area contributed by atoms with Crippen LogP contribution in [0.4, 0.5) is 17.6 Å². The van der Waals surface area contributed by atoms with E-state index in [2.05, 4.69) is 50.8 Å². The van der Waals surface area contributed by atoms with E-state index in [9.17, 15) is 0 Å². The third-order valence-electron chi connectivity index (χ3n) is 5.80. The standard InChI is InChI=1S/C18H28N6/c1-13-3-4-14-11-24(12-15(14)9-13)17-10-16(20-18(19)21-17)23-7-5-22(2)6-8-23/h3,10,14-15H,4-9,11-12H2,1-2H3,(H2,19,20,21)/t14-,15+/m1/s1. The summed E-state index contributed by atoms with van der Waals surface area (Å²) in [5.74, 6) is 3.90. The van der Waals surface area contributed by atoms with Crippen LogP contribution < -0.4 is 15.5 Å². The zero-order chi connectivity index (χ0) is 16.7. The minimum atomic E-state index is 0.394. The second-order valence-corrected chi connectivity index (χ2v) is 7.65. The second-order valence-electron chi connectivity index (χ2n) is 7.65. The van der Waals surface area contributed by atoms with Gasteiger partial charge in [-0.2, -0.15) is 9.97 Å². The van der Waals surface area contributed by atoms with Crippen molar-refractivity contribution in [1.82, 2.24) is 14.9 Å². The van der Waals surface area contributed by atoms with E-state index in [4.69, 9.17) is 5.73 Å². The first-order valence-electron chi connectivity index (χ1n) is 9.07. The van der Waals surface area contributed by atoms with Crippen LogP contribution in [-0.4, -0.2) is 61.2 Å². The molecule has 24 heavy (non-hydrogen) atoms. The number of hydrogen-bond donors (Lipinski definition) is 1. The van der Waals surface area contributed by atoms with Crippen molar-refractivity contribution in [1.29, 1.82) is 0 Å². The Morgan fingerprint density at radius 2 is 1.67 bits per heavy atom. The molecule has 0 unspecified atom stereocenters. The summed E-state index contributed by atoms with van der Waals surface area (Å²) in [6.07, 6.45) is 4.85. The third-order valence-corrected chi connectivity index (χ3v) is 5.80. The van der Waals surface area contributed by atoms with Crippen molar-refractivity contribution in [3.05, 3.63) is 17.7 Å². The Hall–Kier alpha value is -1.82. The van der Waals surface area contributed by atoms with E-state index in [1.165, 1.54) is 12.8 Å². The van der Waals surface area contributed by atoms with Crippen LogP contribution in [0.25, 0.3) is 0 Å². The summed E-state index contributed by atoms with van der Waals surface area (Å²) in [7, 11) is 2.17. The summed E-state index contributed by atoms with van der Waals surface area (Å²) in [5, 5.41) is 0. The van der Waals surface area contributed by atoms with Crippen molar-refractivity contribution in [2.75, 3.05) is 61.8 Å². The van der Waals surface area contributed by atoms with Gasteiger partial charge in [0.15, 0.2) is 0 Å². The lowest BCUT2D eigenvalue weighted by molar-refractivity contribution is 0.312. The lowest BCUT2D eigenvalue weighted by Gasteiger charge is -2.33. The Labute approximate surface area is 144 Å². The van der Waals surface area contributed by atoms with Gasteiger partial charge >= 0.3 is 0 Å². The molecule has 3 heterocycles. The highest BCUT2D eigenvalue weighted by Crippen LogP contribution is 2.37. The van der Waals surface area contributed by atoms with E-state index in [0.717, 1.165) is 62.7 Å². The molecular formula is C18H28N6. The molecule has 1 aromatic heterocycles. The summed E-state index contributed by atoms with van der Waals surface area (Å²) < 4.78 is 0. The smallest absolute Gasteiger partial charge is 0.223 e. The Kier molecular flexibility index (Phi) is 4.08. The molecule has 1 aromatic rings. The second kappa shape index (κ2) is 6.24. The molecule has 0 radical (unpaired) electrons. The number of anilines is 3. The first-order valence-corrected chi connectivity index (χ1v) is 9.07. The molecule has 0 bridgehead atoms. The van der Waals surface area contributed by atoms with Crippen LogP contribution in [-0.2, 0) is 0 Å². The van der Waals surface area contributed by atoms with Gasteiger partial charge in [-0.3, -0.25) is 0 Å². The number of nitrogen functional groups attached to an aromatic ring is 1. The molecule has 1 aliphatic carbocycles. The average molecular weight is 328 g/mol. The monoisotopic (exact) mass is 328 g/mol. The lowest BCUT2D eigenvalue weighted by atomic mass is 9.83. The number of fused-ring (bicyclic) bond motifs is 1. The molecule has 2 aliphatic heterocycles. The zero-order valence-corrected chi connectivity index (χ0v) is 14.8. The predicted octanol–water partition coefficient (Wildman–Crippen LogP) is 1.60. The largest absolute Gasteiger partial charge is 0.368 e. The fraction of sp³-hybridized carbons (Fsp3) is 0.667. The van der Waals surface area contributed by atoms with Crippen molar-refractivity contribution < 1.29 is 0 Å². The first-order chi connectivity index (χ1) is 11.6. The molecule has 2 N–H and O–H groups in total. The van der Waals surface area contributed by atoms with E-state index in [0.29, 0.717) is 5.95 Å². The van der Waals surface area contributed by atoms with Crippen LogP contribution in [0.15, 0.2) is 17.7 Å². The van der Waals surface area contributed by atoms with Gasteiger partial charge in [-0.1, -0.05) is 11.6 Å². The van der Waals surface area contributed by atoms with E-state index in [-0.39, 0.29) is 0 Å². The molecular weight excluding hydrogens is 300 g/mol. The number of allylic oxidation sites excluding steroid dienone is 2. The molecule has 6 heteroatoms. The number of hydrogen-bond acceptors (Lipinski definition) is 6. The number of rotatable bonds is 2. The van der Waals surface area contributed by atoms with Crippen LogP contribution in [0.5, 0.6) is 0 Å². The van der Waals surface area contributed by atoms with Gasteiger partial charge in [0, 0.05) is 45.3 Å². The van der Waals surface area contributed by atoms with Gasteiger partial charge in [0.05, 0.1) is 0 Å². The fourth-order valence-electron chi connectivity index (χ4n) is 4.27. The van der Waals surface area contributed by atoms with E-state index < -0.39 is 0 Å². The Morgan fingerprint density at radius 3 is 2.42 bits per heavy atom. The van der Waals surface area contributed by atoms with Gasteiger partial charge in [0.1, 0.15) is 11.6 Å². The quantitative estimate of drug-likeness (QED) is 0.832. The fourth-order valence-corrected chi connectivity index (χ4v) is 4.27. The average Bonchev–Trinajstić information content (AvgIpc) is 2.98. The minimum Gasteiger partial charge on any atom is -0.368 e. The van der Waals surface area contributed by atoms with Crippen LogP contribution in [0.3, 0.4) is 0 Å². The third kappa shape index (κ3) is 3.07. The molecule has 4 rings (SSSR count). The van der Waals surface area contributed by atoms with Crippen molar-refractivity contribution in [2.45, 2.75) is 19.8 Å². The van der Waals surface area contributed by atoms with Crippen LogP contribution in [0.1, 0.15) is 19.8 Å². The molecule has 0 aromatic carbocycles. The molecule has 0 amide bonds. The molecule has 3 aliphatic rings. The van der Waals surface area contributed by atoms with Gasteiger partial charge in [-0.25, -0.2) is 0 Å². The number of nitrogens with zero attached hydrogens (tertiary/aromatic N) is 5. The van der Waals surface area contributed by atoms with Gasteiger partial charge in [0.25, 0.3) is 0 Å². The number of nitrogens with two attached hydrogens (primary N) is 1. The lowest BCUT2D eigenvalue weighted by Crippen LogP contribution is -2.45. The van der Waals surface area contributed by atoms with Crippen LogP contribution in [0, 0.1) is 11.8 Å². The highest BCUT2D eigenvalue weighted by molar-refractivity contribution is 5.55. The van der Waals surface area contributed by atoms with Gasteiger partial charge in [-0.05, 0) is 38.6 Å². The molecule has 2 fully saturated rings. The Bertz CT molecular complexity index is 634. The topological polar surface area (TPSA) is 61.5 Å². The maximum Gasteiger partial charge on any atom is 0.223 e. The number of piperazine rings is 1. The molecule has 6 nitrogen and oxygen atoms in total. The maximum atomic E-state index is 6.03. The van der Waals surface area contributed by atoms with Crippen molar-refractivity contribution in [3.63, 3.8) is 0 Å². The minimum absolute atomic E-state index is 0.394. The molecule has 2 saturated heterocycles. The first kappa shape index (κ1) is 15.7. The van der Waals surface area contributed by atoms with Crippen LogP contribution in [0.2, 0.25) is 0 Å².